The fourth-order valence-corrected chi connectivity index (χ4v) is 2.53. The fourth-order valence-electron chi connectivity index (χ4n) is 2.14. The van der Waals surface area contributed by atoms with Gasteiger partial charge in [0.25, 0.3) is 0 Å². The highest BCUT2D eigenvalue weighted by atomic mass is 79.9. The first-order valence-corrected chi connectivity index (χ1v) is 6.67. The number of halogens is 2. The first-order valence-electron chi connectivity index (χ1n) is 5.87. The van der Waals surface area contributed by atoms with Crippen LogP contribution in [0.15, 0.2) is 34.9 Å². The molecule has 0 saturated heterocycles. The molecule has 0 bridgehead atoms. The van der Waals surface area contributed by atoms with Crippen molar-refractivity contribution in [2.24, 2.45) is 0 Å². The molecule has 2 rings (SSSR count). The third kappa shape index (κ3) is 2.77. The van der Waals surface area contributed by atoms with Crippen molar-refractivity contribution in [1.29, 1.82) is 0 Å². The molecule has 1 heterocycles. The summed E-state index contributed by atoms with van der Waals surface area (Å²) in [7, 11) is 1.84. The molecule has 3 N–H and O–H groups in total. The van der Waals surface area contributed by atoms with Gasteiger partial charge in [0.05, 0.1) is 10.5 Å². The number of anilines is 1. The molecule has 1 aromatic heterocycles. The summed E-state index contributed by atoms with van der Waals surface area (Å²) in [5.74, 6) is 0.203. The van der Waals surface area contributed by atoms with Gasteiger partial charge in [0.1, 0.15) is 11.6 Å². The maximum atomic E-state index is 13.3. The van der Waals surface area contributed by atoms with Crippen molar-refractivity contribution in [1.82, 2.24) is 10.3 Å². The lowest BCUT2D eigenvalue weighted by Crippen LogP contribution is -2.20. The van der Waals surface area contributed by atoms with Gasteiger partial charge in [-0.15, -0.1) is 0 Å². The highest BCUT2D eigenvalue weighted by Crippen LogP contribution is 2.30. The Kier molecular flexibility index (Phi) is 4.17. The van der Waals surface area contributed by atoms with E-state index in [9.17, 15) is 4.39 Å². The standard InChI is InChI=1S/C14H15BrFN3/c1-8-5-6-19-14(17)12(8)13(18-2)9-3-4-11(16)10(15)7-9/h3-7,13,18H,1-2H3,(H2,17,19). The predicted octanol–water partition coefficient (Wildman–Crippen LogP) is 3.18. The fraction of sp³-hybridized carbons (Fsp3) is 0.214. The summed E-state index contributed by atoms with van der Waals surface area (Å²) < 4.78 is 13.8. The van der Waals surface area contributed by atoms with E-state index in [1.54, 1.807) is 18.3 Å². The van der Waals surface area contributed by atoms with Gasteiger partial charge in [0.15, 0.2) is 0 Å². The van der Waals surface area contributed by atoms with E-state index in [2.05, 4.69) is 26.2 Å². The Bertz CT molecular complexity index is 581. The molecule has 0 saturated carbocycles. The van der Waals surface area contributed by atoms with Crippen LogP contribution < -0.4 is 11.1 Å². The third-order valence-corrected chi connectivity index (χ3v) is 3.70. The molecular formula is C14H15BrFN3. The van der Waals surface area contributed by atoms with E-state index in [-0.39, 0.29) is 11.9 Å². The second-order valence-corrected chi connectivity index (χ2v) is 5.18. The van der Waals surface area contributed by atoms with Gasteiger partial charge in [0, 0.05) is 11.8 Å². The number of nitrogens with two attached hydrogens (primary N) is 1. The van der Waals surface area contributed by atoms with Crippen molar-refractivity contribution < 1.29 is 4.39 Å². The number of hydrogen-bond acceptors (Lipinski definition) is 3. The van der Waals surface area contributed by atoms with Crippen molar-refractivity contribution >= 4 is 21.7 Å². The minimum absolute atomic E-state index is 0.120. The number of nitrogen functional groups attached to an aromatic ring is 1. The van der Waals surface area contributed by atoms with Crippen molar-refractivity contribution in [3.63, 3.8) is 0 Å². The van der Waals surface area contributed by atoms with Crippen LogP contribution in [-0.4, -0.2) is 12.0 Å². The third-order valence-electron chi connectivity index (χ3n) is 3.09. The van der Waals surface area contributed by atoms with Crippen molar-refractivity contribution in [3.8, 4) is 0 Å². The first-order chi connectivity index (χ1) is 9.04. The number of pyridine rings is 1. The van der Waals surface area contributed by atoms with Crippen molar-refractivity contribution in [2.45, 2.75) is 13.0 Å². The number of aryl methyl sites for hydroxylation is 1. The molecule has 0 spiro atoms. The molecule has 1 unspecified atom stereocenters. The number of benzene rings is 1. The molecule has 0 radical (unpaired) electrons. The summed E-state index contributed by atoms with van der Waals surface area (Å²) in [4.78, 5) is 4.13. The van der Waals surface area contributed by atoms with Crippen LogP contribution >= 0.6 is 15.9 Å². The minimum atomic E-state index is -0.283. The van der Waals surface area contributed by atoms with Gasteiger partial charge in [-0.3, -0.25) is 0 Å². The van der Waals surface area contributed by atoms with Crippen LogP contribution in [0.2, 0.25) is 0 Å². The lowest BCUT2D eigenvalue weighted by atomic mass is 9.96. The number of nitrogens with one attached hydrogen (secondary N) is 1. The van der Waals surface area contributed by atoms with E-state index in [4.69, 9.17) is 5.73 Å². The van der Waals surface area contributed by atoms with Crippen LogP contribution in [0.4, 0.5) is 10.2 Å². The molecule has 1 atom stereocenters. The summed E-state index contributed by atoms with van der Waals surface area (Å²) in [6.45, 7) is 1.98. The summed E-state index contributed by atoms with van der Waals surface area (Å²) in [5.41, 5.74) is 8.86. The Balaban J connectivity index is 2.53. The second-order valence-electron chi connectivity index (χ2n) is 4.32. The second kappa shape index (κ2) is 5.67. The quantitative estimate of drug-likeness (QED) is 0.912. The smallest absolute Gasteiger partial charge is 0.137 e. The van der Waals surface area contributed by atoms with Gasteiger partial charge in [-0.25, -0.2) is 9.37 Å². The van der Waals surface area contributed by atoms with E-state index >= 15 is 0 Å². The Morgan fingerprint density at radius 2 is 2.11 bits per heavy atom. The molecule has 2 aromatic rings. The molecule has 3 nitrogen and oxygen atoms in total. The molecule has 0 amide bonds. The Hall–Kier alpha value is -1.46. The lowest BCUT2D eigenvalue weighted by molar-refractivity contribution is 0.616. The Morgan fingerprint density at radius 3 is 2.68 bits per heavy atom. The Morgan fingerprint density at radius 1 is 1.37 bits per heavy atom. The number of hydrogen-bond donors (Lipinski definition) is 2. The minimum Gasteiger partial charge on any atom is -0.383 e. The summed E-state index contributed by atoms with van der Waals surface area (Å²) in [6, 6.07) is 6.72. The average Bonchev–Trinajstić information content (AvgIpc) is 2.37. The number of aromatic nitrogens is 1. The van der Waals surface area contributed by atoms with Crippen LogP contribution in [0.5, 0.6) is 0 Å². The van der Waals surface area contributed by atoms with Gasteiger partial charge < -0.3 is 11.1 Å². The molecule has 5 heteroatoms. The summed E-state index contributed by atoms with van der Waals surface area (Å²) >= 11 is 3.20. The Labute approximate surface area is 120 Å². The zero-order valence-electron chi connectivity index (χ0n) is 10.7. The van der Waals surface area contributed by atoms with Gasteiger partial charge in [0.2, 0.25) is 0 Å². The van der Waals surface area contributed by atoms with Crippen LogP contribution in [0.3, 0.4) is 0 Å². The van der Waals surface area contributed by atoms with Gasteiger partial charge >= 0.3 is 0 Å². The highest BCUT2D eigenvalue weighted by molar-refractivity contribution is 9.10. The molecule has 19 heavy (non-hydrogen) atoms. The first kappa shape index (κ1) is 14.0. The highest BCUT2D eigenvalue weighted by Gasteiger charge is 2.18. The zero-order valence-corrected chi connectivity index (χ0v) is 12.3. The van der Waals surface area contributed by atoms with E-state index in [1.165, 1.54) is 6.07 Å². The maximum Gasteiger partial charge on any atom is 0.137 e. The predicted molar refractivity (Wildman–Crippen MR) is 78.4 cm³/mol. The topological polar surface area (TPSA) is 50.9 Å². The normalized spacial score (nSPS) is 12.4. The molecular weight excluding hydrogens is 309 g/mol. The number of rotatable bonds is 3. The van der Waals surface area contributed by atoms with E-state index in [0.29, 0.717) is 10.3 Å². The molecule has 1 aromatic carbocycles. The number of nitrogens with zero attached hydrogens (tertiary/aromatic N) is 1. The summed E-state index contributed by atoms with van der Waals surface area (Å²) in [5, 5.41) is 3.20. The van der Waals surface area contributed by atoms with Crippen molar-refractivity contribution in [2.75, 3.05) is 12.8 Å². The van der Waals surface area contributed by atoms with Crippen LogP contribution in [0.25, 0.3) is 0 Å². The van der Waals surface area contributed by atoms with Crippen LogP contribution in [-0.2, 0) is 0 Å². The largest absolute Gasteiger partial charge is 0.383 e. The molecule has 100 valence electrons. The van der Waals surface area contributed by atoms with E-state index in [0.717, 1.165) is 16.7 Å². The van der Waals surface area contributed by atoms with E-state index in [1.807, 2.05) is 20.0 Å². The van der Waals surface area contributed by atoms with Crippen LogP contribution in [0.1, 0.15) is 22.7 Å². The molecule has 0 fully saturated rings. The van der Waals surface area contributed by atoms with Gasteiger partial charge in [-0.05, 0) is 59.2 Å². The molecule has 0 aliphatic carbocycles. The zero-order chi connectivity index (χ0) is 14.0. The lowest BCUT2D eigenvalue weighted by Gasteiger charge is -2.21. The monoisotopic (exact) mass is 323 g/mol. The van der Waals surface area contributed by atoms with Crippen LogP contribution in [0, 0.1) is 12.7 Å². The molecule has 0 aliphatic heterocycles. The molecule has 0 aliphatic rings. The van der Waals surface area contributed by atoms with E-state index < -0.39 is 0 Å². The van der Waals surface area contributed by atoms with Gasteiger partial charge in [-0.2, -0.15) is 0 Å². The van der Waals surface area contributed by atoms with Crippen molar-refractivity contribution in [3.05, 3.63) is 57.4 Å². The SMILES string of the molecule is CNC(c1ccc(F)c(Br)c1)c1c(C)ccnc1N. The van der Waals surface area contributed by atoms with Gasteiger partial charge in [-0.1, -0.05) is 6.07 Å². The average molecular weight is 324 g/mol. The maximum absolute atomic E-state index is 13.3. The summed E-state index contributed by atoms with van der Waals surface area (Å²) in [6.07, 6.45) is 1.68.